The lowest BCUT2D eigenvalue weighted by atomic mass is 9.85. The van der Waals surface area contributed by atoms with Crippen LogP contribution in [0, 0.1) is 0 Å². The number of fused-ring (bicyclic) bond motifs is 1. The van der Waals surface area contributed by atoms with Crippen molar-refractivity contribution in [3.63, 3.8) is 0 Å². The standard InChI is InChI=1S/C19H34N6O/c1-4-20-18(21-13-19(26)10-6-5-7-11-19)22-15-8-9-16-23-17(14(2)3)24-25(16)12-15/h14-15,26H,4-13H2,1-3H3,(H2,20,21,22). The lowest BCUT2D eigenvalue weighted by molar-refractivity contribution is 0.0131. The maximum Gasteiger partial charge on any atom is 0.191 e. The molecule has 1 unspecified atom stereocenters. The van der Waals surface area contributed by atoms with E-state index in [2.05, 4.69) is 41.5 Å². The summed E-state index contributed by atoms with van der Waals surface area (Å²) in [5, 5.41) is 22.2. The van der Waals surface area contributed by atoms with Gasteiger partial charge < -0.3 is 15.7 Å². The van der Waals surface area contributed by atoms with Crippen LogP contribution in [0.25, 0.3) is 0 Å². The van der Waals surface area contributed by atoms with Crippen LogP contribution >= 0.6 is 0 Å². The molecular formula is C19H34N6O. The predicted octanol–water partition coefficient (Wildman–Crippen LogP) is 1.97. The Labute approximate surface area is 156 Å². The third-order valence-corrected chi connectivity index (χ3v) is 5.39. The molecule has 0 radical (unpaired) electrons. The van der Waals surface area contributed by atoms with Gasteiger partial charge in [-0.2, -0.15) is 5.10 Å². The number of nitrogens with one attached hydrogen (secondary N) is 2. The van der Waals surface area contributed by atoms with Crippen LogP contribution in [0.4, 0.5) is 0 Å². The first-order chi connectivity index (χ1) is 12.5. The van der Waals surface area contributed by atoms with Gasteiger partial charge in [-0.1, -0.05) is 33.1 Å². The molecule has 146 valence electrons. The van der Waals surface area contributed by atoms with Gasteiger partial charge in [-0.15, -0.1) is 0 Å². The summed E-state index contributed by atoms with van der Waals surface area (Å²) in [4.78, 5) is 9.34. The molecule has 7 nitrogen and oxygen atoms in total. The van der Waals surface area contributed by atoms with Crippen LogP contribution in [0.3, 0.4) is 0 Å². The number of rotatable bonds is 5. The van der Waals surface area contributed by atoms with Gasteiger partial charge in [0, 0.05) is 24.9 Å². The minimum Gasteiger partial charge on any atom is -0.388 e. The molecule has 0 aromatic carbocycles. The molecule has 0 saturated heterocycles. The highest BCUT2D eigenvalue weighted by Crippen LogP contribution is 2.28. The van der Waals surface area contributed by atoms with Crippen LogP contribution in [-0.2, 0) is 13.0 Å². The van der Waals surface area contributed by atoms with E-state index < -0.39 is 5.60 Å². The molecule has 2 aliphatic rings. The normalized spacial score (nSPS) is 23.0. The molecule has 3 N–H and O–H groups in total. The maximum atomic E-state index is 10.7. The van der Waals surface area contributed by atoms with Crippen molar-refractivity contribution in [2.75, 3.05) is 13.1 Å². The fourth-order valence-corrected chi connectivity index (χ4v) is 3.80. The first-order valence-corrected chi connectivity index (χ1v) is 10.2. The Morgan fingerprint density at radius 2 is 2.12 bits per heavy atom. The van der Waals surface area contributed by atoms with E-state index >= 15 is 0 Å². The Balaban J connectivity index is 1.61. The van der Waals surface area contributed by atoms with Crippen LogP contribution in [0.2, 0.25) is 0 Å². The SMILES string of the molecule is CCNC(=NCC1(O)CCCCC1)NC1CCc2nc(C(C)C)nn2C1. The highest BCUT2D eigenvalue weighted by molar-refractivity contribution is 5.80. The first-order valence-electron chi connectivity index (χ1n) is 10.2. The number of aryl methyl sites for hydroxylation is 1. The lowest BCUT2D eigenvalue weighted by Gasteiger charge is -2.31. The molecule has 0 amide bonds. The second-order valence-corrected chi connectivity index (χ2v) is 8.08. The summed E-state index contributed by atoms with van der Waals surface area (Å²) in [7, 11) is 0. The Morgan fingerprint density at radius 1 is 1.35 bits per heavy atom. The summed E-state index contributed by atoms with van der Waals surface area (Å²) < 4.78 is 2.04. The zero-order valence-electron chi connectivity index (χ0n) is 16.5. The van der Waals surface area contributed by atoms with Gasteiger partial charge in [0.05, 0.1) is 18.7 Å². The van der Waals surface area contributed by atoms with Gasteiger partial charge in [0.25, 0.3) is 0 Å². The van der Waals surface area contributed by atoms with Gasteiger partial charge in [-0.3, -0.25) is 4.99 Å². The number of aromatic nitrogens is 3. The largest absolute Gasteiger partial charge is 0.388 e. The van der Waals surface area contributed by atoms with Crippen molar-refractivity contribution < 1.29 is 5.11 Å². The van der Waals surface area contributed by atoms with Gasteiger partial charge in [-0.25, -0.2) is 9.67 Å². The monoisotopic (exact) mass is 362 g/mol. The number of hydrogen-bond acceptors (Lipinski definition) is 4. The number of aliphatic hydroxyl groups is 1. The number of hydrogen-bond donors (Lipinski definition) is 3. The third kappa shape index (κ3) is 4.75. The highest BCUT2D eigenvalue weighted by atomic mass is 16.3. The van der Waals surface area contributed by atoms with E-state index in [1.54, 1.807) is 0 Å². The summed E-state index contributed by atoms with van der Waals surface area (Å²) in [6.07, 6.45) is 7.10. The van der Waals surface area contributed by atoms with Crippen molar-refractivity contribution in [3.8, 4) is 0 Å². The Kier molecular flexibility index (Phi) is 6.16. The van der Waals surface area contributed by atoms with E-state index in [0.717, 1.165) is 69.2 Å². The van der Waals surface area contributed by atoms with E-state index in [1.807, 2.05) is 4.68 Å². The van der Waals surface area contributed by atoms with Crippen LogP contribution in [0.15, 0.2) is 4.99 Å². The zero-order chi connectivity index (χ0) is 18.6. The molecule has 1 aliphatic carbocycles. The van der Waals surface area contributed by atoms with E-state index in [-0.39, 0.29) is 6.04 Å². The maximum absolute atomic E-state index is 10.7. The fourth-order valence-electron chi connectivity index (χ4n) is 3.80. The predicted molar refractivity (Wildman–Crippen MR) is 103 cm³/mol. The Bertz CT molecular complexity index is 618. The lowest BCUT2D eigenvalue weighted by Crippen LogP contribution is -2.48. The summed E-state index contributed by atoms with van der Waals surface area (Å²) in [5.41, 5.74) is -0.627. The molecule has 26 heavy (non-hydrogen) atoms. The summed E-state index contributed by atoms with van der Waals surface area (Å²) in [6, 6.07) is 0.281. The second-order valence-electron chi connectivity index (χ2n) is 8.08. The van der Waals surface area contributed by atoms with Crippen molar-refractivity contribution >= 4 is 5.96 Å². The quantitative estimate of drug-likeness (QED) is 0.551. The summed E-state index contributed by atoms with van der Waals surface area (Å²) in [6.45, 7) is 8.41. The Hall–Kier alpha value is -1.63. The van der Waals surface area contributed by atoms with Crippen molar-refractivity contribution in [1.29, 1.82) is 0 Å². The number of nitrogens with zero attached hydrogens (tertiary/aromatic N) is 4. The van der Waals surface area contributed by atoms with Gasteiger partial charge >= 0.3 is 0 Å². The molecule has 0 spiro atoms. The molecule has 1 aliphatic heterocycles. The molecule has 0 bridgehead atoms. The van der Waals surface area contributed by atoms with Gasteiger partial charge in [0.15, 0.2) is 11.8 Å². The van der Waals surface area contributed by atoms with Crippen LogP contribution in [-0.4, -0.2) is 50.6 Å². The van der Waals surface area contributed by atoms with Crippen molar-refractivity contribution in [2.45, 2.75) is 89.8 Å². The zero-order valence-corrected chi connectivity index (χ0v) is 16.5. The number of aliphatic imine (C=N–C) groups is 1. The van der Waals surface area contributed by atoms with Crippen molar-refractivity contribution in [2.24, 2.45) is 4.99 Å². The second kappa shape index (κ2) is 8.37. The van der Waals surface area contributed by atoms with E-state index in [4.69, 9.17) is 4.99 Å². The fraction of sp³-hybridized carbons (Fsp3) is 0.842. The average molecular weight is 363 g/mol. The summed E-state index contributed by atoms with van der Waals surface area (Å²) >= 11 is 0. The molecule has 3 rings (SSSR count). The van der Waals surface area contributed by atoms with E-state index in [1.165, 1.54) is 6.42 Å². The van der Waals surface area contributed by atoms with Crippen molar-refractivity contribution in [1.82, 2.24) is 25.4 Å². The minimum absolute atomic E-state index is 0.281. The van der Waals surface area contributed by atoms with Crippen LogP contribution < -0.4 is 10.6 Å². The molecular weight excluding hydrogens is 328 g/mol. The van der Waals surface area contributed by atoms with Crippen LogP contribution in [0.1, 0.15) is 76.9 Å². The van der Waals surface area contributed by atoms with Crippen LogP contribution in [0.5, 0.6) is 0 Å². The Morgan fingerprint density at radius 3 is 2.81 bits per heavy atom. The topological polar surface area (TPSA) is 87.4 Å². The highest BCUT2D eigenvalue weighted by Gasteiger charge is 2.29. The van der Waals surface area contributed by atoms with Crippen molar-refractivity contribution in [3.05, 3.63) is 11.6 Å². The minimum atomic E-state index is -0.627. The van der Waals surface area contributed by atoms with E-state index in [0.29, 0.717) is 12.5 Å². The average Bonchev–Trinajstić information content (AvgIpc) is 3.04. The molecule has 1 aromatic rings. The van der Waals surface area contributed by atoms with Gasteiger partial charge in [0.1, 0.15) is 5.82 Å². The molecule has 1 fully saturated rings. The molecule has 1 atom stereocenters. The smallest absolute Gasteiger partial charge is 0.191 e. The number of guanidine groups is 1. The summed E-state index contributed by atoms with van der Waals surface area (Å²) in [5.74, 6) is 3.17. The van der Waals surface area contributed by atoms with Gasteiger partial charge in [-0.05, 0) is 26.2 Å². The third-order valence-electron chi connectivity index (χ3n) is 5.39. The first kappa shape index (κ1) is 19.1. The van der Waals surface area contributed by atoms with E-state index in [9.17, 15) is 5.11 Å². The van der Waals surface area contributed by atoms with Gasteiger partial charge in [0.2, 0.25) is 0 Å². The molecule has 1 aromatic heterocycles. The molecule has 1 saturated carbocycles. The molecule has 7 heteroatoms. The molecule has 2 heterocycles.